The van der Waals surface area contributed by atoms with E-state index in [2.05, 4.69) is 10.3 Å². The first-order valence-corrected chi connectivity index (χ1v) is 7.96. The molecule has 138 valence electrons. The van der Waals surface area contributed by atoms with Gasteiger partial charge >= 0.3 is 5.69 Å². The Hall–Kier alpha value is -3.55. The summed E-state index contributed by atoms with van der Waals surface area (Å²) in [6.45, 7) is 3.72. The van der Waals surface area contributed by atoms with Gasteiger partial charge in [0.05, 0.1) is 5.69 Å². The van der Waals surface area contributed by atoms with Crippen LogP contribution in [-0.2, 0) is 0 Å². The predicted octanol–water partition coefficient (Wildman–Crippen LogP) is 2.67. The van der Waals surface area contributed by atoms with Crippen LogP contribution in [0, 0.1) is 25.5 Å². The van der Waals surface area contributed by atoms with Crippen LogP contribution in [0.1, 0.15) is 21.5 Å². The van der Waals surface area contributed by atoms with Crippen molar-refractivity contribution in [3.05, 3.63) is 91.8 Å². The molecule has 1 amide bonds. The average Bonchev–Trinajstić information content (AvgIpc) is 2.61. The Morgan fingerprint density at radius 1 is 1.00 bits per heavy atom. The maximum atomic E-state index is 13.3. The lowest BCUT2D eigenvalue weighted by Crippen LogP contribution is -2.38. The first-order valence-electron chi connectivity index (χ1n) is 7.96. The van der Waals surface area contributed by atoms with Crippen molar-refractivity contribution in [2.75, 3.05) is 5.32 Å². The Bertz CT molecular complexity index is 1170. The SMILES string of the molecule is Cc1ccc(-n2c(=O)[nH]cc(C(=O)Nc3ccc(F)c(F)c3)c2=O)cc1C. The summed E-state index contributed by atoms with van der Waals surface area (Å²) in [5, 5.41) is 2.30. The number of benzene rings is 2. The molecule has 0 atom stereocenters. The molecule has 0 bridgehead atoms. The summed E-state index contributed by atoms with van der Waals surface area (Å²) in [5.41, 5.74) is 0.257. The number of hydrogen-bond donors (Lipinski definition) is 2. The summed E-state index contributed by atoms with van der Waals surface area (Å²) in [7, 11) is 0. The molecule has 1 aromatic heterocycles. The number of halogens is 2. The maximum Gasteiger partial charge on any atom is 0.333 e. The van der Waals surface area contributed by atoms with E-state index in [1.165, 1.54) is 0 Å². The molecule has 3 rings (SSSR count). The van der Waals surface area contributed by atoms with Crippen molar-refractivity contribution in [1.29, 1.82) is 0 Å². The molecule has 3 aromatic rings. The average molecular weight is 371 g/mol. The van der Waals surface area contributed by atoms with Crippen molar-refractivity contribution in [2.45, 2.75) is 13.8 Å². The first-order chi connectivity index (χ1) is 12.8. The van der Waals surface area contributed by atoms with E-state index in [1.54, 1.807) is 18.2 Å². The summed E-state index contributed by atoms with van der Waals surface area (Å²) in [6, 6.07) is 7.80. The highest BCUT2D eigenvalue weighted by Gasteiger charge is 2.17. The summed E-state index contributed by atoms with van der Waals surface area (Å²) in [4.78, 5) is 39.5. The van der Waals surface area contributed by atoms with E-state index in [9.17, 15) is 23.2 Å². The van der Waals surface area contributed by atoms with Crippen LogP contribution in [0.4, 0.5) is 14.5 Å². The molecular formula is C19H15F2N3O3. The highest BCUT2D eigenvalue weighted by Crippen LogP contribution is 2.14. The molecule has 6 nitrogen and oxygen atoms in total. The Balaban J connectivity index is 2.03. The van der Waals surface area contributed by atoms with Gasteiger partial charge in [0, 0.05) is 18.0 Å². The van der Waals surface area contributed by atoms with Crippen LogP contribution in [0.25, 0.3) is 5.69 Å². The number of nitrogens with one attached hydrogen (secondary N) is 2. The van der Waals surface area contributed by atoms with Crippen LogP contribution >= 0.6 is 0 Å². The Labute approximate surface area is 152 Å². The number of amides is 1. The van der Waals surface area contributed by atoms with Crippen LogP contribution in [0.3, 0.4) is 0 Å². The van der Waals surface area contributed by atoms with Crippen molar-refractivity contribution >= 4 is 11.6 Å². The topological polar surface area (TPSA) is 84.0 Å². The number of aromatic nitrogens is 2. The van der Waals surface area contributed by atoms with Crippen molar-refractivity contribution in [3.63, 3.8) is 0 Å². The van der Waals surface area contributed by atoms with Gasteiger partial charge < -0.3 is 10.3 Å². The Morgan fingerprint density at radius 2 is 1.74 bits per heavy atom. The zero-order valence-corrected chi connectivity index (χ0v) is 14.5. The molecule has 0 saturated carbocycles. The predicted molar refractivity (Wildman–Crippen MR) is 96.4 cm³/mol. The lowest BCUT2D eigenvalue weighted by molar-refractivity contribution is 0.102. The number of aromatic amines is 1. The Morgan fingerprint density at radius 3 is 2.41 bits per heavy atom. The summed E-state index contributed by atoms with van der Waals surface area (Å²) in [6.07, 6.45) is 0.984. The molecule has 27 heavy (non-hydrogen) atoms. The van der Waals surface area contributed by atoms with Crippen molar-refractivity contribution in [3.8, 4) is 5.69 Å². The van der Waals surface area contributed by atoms with Gasteiger partial charge in [0.2, 0.25) is 0 Å². The molecule has 0 aliphatic rings. The molecule has 1 heterocycles. The molecule has 8 heteroatoms. The van der Waals surface area contributed by atoms with Crippen LogP contribution in [0.5, 0.6) is 0 Å². The highest BCUT2D eigenvalue weighted by atomic mass is 19.2. The highest BCUT2D eigenvalue weighted by molar-refractivity contribution is 6.03. The minimum atomic E-state index is -1.14. The number of rotatable bonds is 3. The van der Waals surface area contributed by atoms with Gasteiger partial charge in [0.1, 0.15) is 5.56 Å². The fraction of sp³-hybridized carbons (Fsp3) is 0.105. The molecule has 0 unspecified atom stereocenters. The van der Waals surface area contributed by atoms with Gasteiger partial charge in [0.15, 0.2) is 11.6 Å². The molecule has 0 radical (unpaired) electrons. The minimum absolute atomic E-state index is 0.0257. The van der Waals surface area contributed by atoms with Gasteiger partial charge in [0.25, 0.3) is 11.5 Å². The van der Waals surface area contributed by atoms with Gasteiger partial charge in [-0.3, -0.25) is 9.59 Å². The van der Waals surface area contributed by atoms with E-state index in [0.717, 1.165) is 40.1 Å². The fourth-order valence-corrected chi connectivity index (χ4v) is 2.51. The second-order valence-corrected chi connectivity index (χ2v) is 6.00. The molecule has 0 fully saturated rings. The second-order valence-electron chi connectivity index (χ2n) is 6.00. The summed E-state index contributed by atoms with van der Waals surface area (Å²) in [5.74, 6) is -3.06. The number of aryl methyl sites for hydroxylation is 2. The summed E-state index contributed by atoms with van der Waals surface area (Å²) >= 11 is 0. The molecule has 0 spiro atoms. The Kier molecular flexibility index (Phi) is 4.72. The molecule has 2 N–H and O–H groups in total. The quantitative estimate of drug-likeness (QED) is 0.742. The lowest BCUT2D eigenvalue weighted by Gasteiger charge is -2.10. The van der Waals surface area contributed by atoms with E-state index in [1.807, 2.05) is 13.8 Å². The van der Waals surface area contributed by atoms with Gasteiger partial charge in [-0.15, -0.1) is 0 Å². The van der Waals surface area contributed by atoms with Gasteiger partial charge in [-0.1, -0.05) is 6.07 Å². The molecule has 0 aliphatic heterocycles. The number of nitrogens with zero attached hydrogens (tertiary/aromatic N) is 1. The van der Waals surface area contributed by atoms with Gasteiger partial charge in [-0.25, -0.2) is 18.1 Å². The van der Waals surface area contributed by atoms with Crippen molar-refractivity contribution < 1.29 is 13.6 Å². The van der Waals surface area contributed by atoms with Crippen molar-refractivity contribution in [2.24, 2.45) is 0 Å². The first kappa shape index (κ1) is 18.2. The smallest absolute Gasteiger partial charge is 0.322 e. The van der Waals surface area contributed by atoms with Gasteiger partial charge in [-0.05, 0) is 49.2 Å². The standard InChI is InChI=1S/C19H15F2N3O3/c1-10-3-5-13(7-11(10)2)24-18(26)14(9-22-19(24)27)17(25)23-12-4-6-15(20)16(21)8-12/h3-9H,1-2H3,(H,22,27)(H,23,25). The van der Waals surface area contributed by atoms with Crippen LogP contribution in [0.15, 0.2) is 52.2 Å². The van der Waals surface area contributed by atoms with Crippen LogP contribution in [-0.4, -0.2) is 15.5 Å². The van der Waals surface area contributed by atoms with E-state index >= 15 is 0 Å². The number of carbonyl (C=O) groups excluding carboxylic acids is 1. The van der Waals surface area contributed by atoms with Crippen molar-refractivity contribution in [1.82, 2.24) is 9.55 Å². The van der Waals surface area contributed by atoms with E-state index in [4.69, 9.17) is 0 Å². The van der Waals surface area contributed by atoms with Crippen LogP contribution < -0.4 is 16.6 Å². The summed E-state index contributed by atoms with van der Waals surface area (Å²) < 4.78 is 27.1. The monoisotopic (exact) mass is 371 g/mol. The normalized spacial score (nSPS) is 10.7. The molecule has 0 aliphatic carbocycles. The largest absolute Gasteiger partial charge is 0.333 e. The van der Waals surface area contributed by atoms with Crippen LogP contribution in [0.2, 0.25) is 0 Å². The molecular weight excluding hydrogens is 356 g/mol. The number of anilines is 1. The van der Waals surface area contributed by atoms with E-state index in [-0.39, 0.29) is 11.3 Å². The van der Waals surface area contributed by atoms with E-state index in [0.29, 0.717) is 5.69 Å². The third-order valence-electron chi connectivity index (χ3n) is 4.15. The number of hydrogen-bond acceptors (Lipinski definition) is 3. The third kappa shape index (κ3) is 3.55. The maximum absolute atomic E-state index is 13.3. The third-order valence-corrected chi connectivity index (χ3v) is 4.15. The number of H-pyrrole nitrogens is 1. The fourth-order valence-electron chi connectivity index (χ4n) is 2.51. The zero-order valence-electron chi connectivity index (χ0n) is 14.5. The minimum Gasteiger partial charge on any atom is -0.322 e. The number of carbonyl (C=O) groups is 1. The second kappa shape index (κ2) is 6.99. The van der Waals surface area contributed by atoms with Gasteiger partial charge in [-0.2, -0.15) is 0 Å². The molecule has 2 aromatic carbocycles. The van der Waals surface area contributed by atoms with E-state index < -0.39 is 28.8 Å². The lowest BCUT2D eigenvalue weighted by atomic mass is 10.1. The molecule has 0 saturated heterocycles. The zero-order chi connectivity index (χ0) is 19.7.